The molecule has 2 heterocycles. The fourth-order valence-corrected chi connectivity index (χ4v) is 7.18. The fraction of sp³-hybridized carbons (Fsp3) is 0.636. The van der Waals surface area contributed by atoms with Gasteiger partial charge in [-0.1, -0.05) is 13.8 Å². The fourth-order valence-electron chi connectivity index (χ4n) is 2.46. The Morgan fingerprint density at radius 3 is 2.52 bits per heavy atom. The van der Waals surface area contributed by atoms with Crippen molar-refractivity contribution in [1.29, 1.82) is 0 Å². The van der Waals surface area contributed by atoms with E-state index in [2.05, 4.69) is 5.32 Å². The summed E-state index contributed by atoms with van der Waals surface area (Å²) in [5.74, 6) is 0. The molecule has 0 fully saturated rings. The number of primary sulfonamides is 1. The van der Waals surface area contributed by atoms with Gasteiger partial charge >= 0.3 is 0 Å². The van der Waals surface area contributed by atoms with E-state index >= 15 is 0 Å². The van der Waals surface area contributed by atoms with Crippen molar-refractivity contribution in [3.63, 3.8) is 0 Å². The van der Waals surface area contributed by atoms with Gasteiger partial charge < -0.3 is 5.32 Å². The Morgan fingerprint density at radius 2 is 2.05 bits per heavy atom. The molecule has 1 aromatic rings. The molecule has 21 heavy (non-hydrogen) atoms. The van der Waals surface area contributed by atoms with Crippen molar-refractivity contribution in [2.24, 2.45) is 5.14 Å². The zero-order chi connectivity index (χ0) is 15.1. The van der Waals surface area contributed by atoms with E-state index in [0.29, 0.717) is 24.9 Å². The highest BCUT2D eigenvalue weighted by Crippen LogP contribution is 2.43. The lowest BCUT2D eigenvalue weighted by atomic mass is 10.0. The topological polar surface area (TPSA) is 106 Å². The average molecular weight is 375 g/mol. The molecule has 2 atom stereocenters. The molecule has 1 aromatic heterocycles. The zero-order valence-electron chi connectivity index (χ0n) is 11.7. The summed E-state index contributed by atoms with van der Waals surface area (Å²) in [6.45, 7) is 4.43. The highest BCUT2D eigenvalue weighted by atomic mass is 35.5. The number of sulfone groups is 1. The first kappa shape index (κ1) is 18.9. The molecule has 3 N–H and O–H groups in total. The van der Waals surface area contributed by atoms with Crippen LogP contribution >= 0.6 is 23.7 Å². The second-order valence-electron chi connectivity index (χ2n) is 4.77. The van der Waals surface area contributed by atoms with Gasteiger partial charge in [0.05, 0.1) is 5.25 Å². The molecule has 0 amide bonds. The molecule has 0 saturated heterocycles. The average Bonchev–Trinajstić information content (AvgIpc) is 2.78. The molecule has 2 rings (SSSR count). The number of rotatable bonds is 4. The van der Waals surface area contributed by atoms with Gasteiger partial charge in [-0.15, -0.1) is 23.7 Å². The molecule has 1 aliphatic heterocycles. The number of hydrogen-bond acceptors (Lipinski definition) is 6. The van der Waals surface area contributed by atoms with Crippen LogP contribution in [0.5, 0.6) is 0 Å². The standard InChI is InChI=1S/C11H18N2O4S3.ClH/c1-3-7-5-9(13-4-2)8-6-10(20(12,16)17)18-11(8)19(7,14)15;/h6-7,9,13H,3-5H2,1-2H3,(H2,12,16,17);1H/t7-,9-;/m1./s1. The van der Waals surface area contributed by atoms with Gasteiger partial charge in [0.2, 0.25) is 10.0 Å². The van der Waals surface area contributed by atoms with Gasteiger partial charge in [0.25, 0.3) is 0 Å². The summed E-state index contributed by atoms with van der Waals surface area (Å²) < 4.78 is 47.9. The highest BCUT2D eigenvalue weighted by molar-refractivity contribution is 7.95. The van der Waals surface area contributed by atoms with Crippen molar-refractivity contribution >= 4 is 43.6 Å². The van der Waals surface area contributed by atoms with Crippen LogP contribution in [-0.2, 0) is 19.9 Å². The Hall–Kier alpha value is -0.190. The zero-order valence-corrected chi connectivity index (χ0v) is 15.0. The lowest BCUT2D eigenvalue weighted by molar-refractivity contribution is 0.463. The van der Waals surface area contributed by atoms with Crippen LogP contribution in [0, 0.1) is 0 Å². The first-order valence-electron chi connectivity index (χ1n) is 6.35. The lowest BCUT2D eigenvalue weighted by Gasteiger charge is -2.29. The second kappa shape index (κ2) is 6.51. The third-order valence-corrected chi connectivity index (χ3v) is 8.93. The van der Waals surface area contributed by atoms with Gasteiger partial charge in [-0.25, -0.2) is 22.0 Å². The van der Waals surface area contributed by atoms with E-state index in [1.165, 1.54) is 6.07 Å². The van der Waals surface area contributed by atoms with Crippen molar-refractivity contribution in [3.05, 3.63) is 11.6 Å². The van der Waals surface area contributed by atoms with Crippen LogP contribution in [0.4, 0.5) is 0 Å². The predicted octanol–water partition coefficient (Wildman–Crippen LogP) is 1.42. The van der Waals surface area contributed by atoms with Crippen molar-refractivity contribution in [2.45, 2.75) is 46.4 Å². The molecule has 6 nitrogen and oxygen atoms in total. The number of thiophene rings is 1. The molecule has 1 aliphatic rings. The molecule has 0 aromatic carbocycles. The third kappa shape index (κ3) is 3.43. The van der Waals surface area contributed by atoms with Crippen LogP contribution in [-0.4, -0.2) is 28.6 Å². The first-order chi connectivity index (χ1) is 9.21. The Kier molecular flexibility index (Phi) is 5.85. The number of sulfonamides is 1. The SMILES string of the molecule is CCN[C@@H]1C[C@@H](CC)S(=O)(=O)c2sc(S(N)(=O)=O)cc21.Cl. The summed E-state index contributed by atoms with van der Waals surface area (Å²) in [5.41, 5.74) is 0.533. The van der Waals surface area contributed by atoms with Gasteiger partial charge in [-0.2, -0.15) is 0 Å². The van der Waals surface area contributed by atoms with E-state index in [1.807, 2.05) is 13.8 Å². The predicted molar refractivity (Wildman–Crippen MR) is 85.2 cm³/mol. The molecule has 0 radical (unpaired) electrons. The molecule has 0 aliphatic carbocycles. The van der Waals surface area contributed by atoms with Gasteiger partial charge in [-0.3, -0.25) is 0 Å². The van der Waals surface area contributed by atoms with E-state index in [4.69, 9.17) is 5.14 Å². The van der Waals surface area contributed by atoms with Crippen LogP contribution in [0.15, 0.2) is 14.5 Å². The van der Waals surface area contributed by atoms with Crippen LogP contribution in [0.25, 0.3) is 0 Å². The van der Waals surface area contributed by atoms with Gasteiger partial charge in [0.1, 0.15) is 8.42 Å². The van der Waals surface area contributed by atoms with E-state index in [-0.39, 0.29) is 26.9 Å². The van der Waals surface area contributed by atoms with Crippen molar-refractivity contribution in [3.8, 4) is 0 Å². The molecule has 0 spiro atoms. The van der Waals surface area contributed by atoms with Crippen molar-refractivity contribution in [2.75, 3.05) is 6.54 Å². The maximum atomic E-state index is 12.5. The Balaban J connectivity index is 0.00000220. The molecular weight excluding hydrogens is 356 g/mol. The normalized spacial score (nSPS) is 24.1. The molecule has 0 saturated carbocycles. The van der Waals surface area contributed by atoms with Crippen molar-refractivity contribution < 1.29 is 16.8 Å². The summed E-state index contributed by atoms with van der Waals surface area (Å²) in [6.07, 6.45) is 0.965. The lowest BCUT2D eigenvalue weighted by Crippen LogP contribution is -2.34. The van der Waals surface area contributed by atoms with Crippen LogP contribution in [0.1, 0.15) is 38.3 Å². The molecular formula is C11H19ClN2O4S3. The number of nitrogens with one attached hydrogen (secondary N) is 1. The molecule has 0 bridgehead atoms. The van der Waals surface area contributed by atoms with Crippen molar-refractivity contribution in [1.82, 2.24) is 5.32 Å². The summed E-state index contributed by atoms with van der Waals surface area (Å²) in [7, 11) is -7.35. The molecule has 10 heteroatoms. The quantitative estimate of drug-likeness (QED) is 0.828. The van der Waals surface area contributed by atoms with E-state index in [1.54, 1.807) is 0 Å². The van der Waals surface area contributed by atoms with E-state index < -0.39 is 25.1 Å². The number of fused-ring (bicyclic) bond motifs is 1. The highest BCUT2D eigenvalue weighted by Gasteiger charge is 2.40. The second-order valence-corrected chi connectivity index (χ2v) is 10.0. The monoisotopic (exact) mass is 374 g/mol. The minimum absolute atomic E-state index is 0. The number of halogens is 1. The van der Waals surface area contributed by atoms with Gasteiger partial charge in [0.15, 0.2) is 9.84 Å². The maximum absolute atomic E-state index is 12.5. The summed E-state index contributed by atoms with van der Waals surface area (Å²) in [4.78, 5) is 0. The van der Waals surface area contributed by atoms with Crippen LogP contribution in [0.3, 0.4) is 0 Å². The largest absolute Gasteiger partial charge is 0.310 e. The smallest absolute Gasteiger partial charge is 0.247 e. The van der Waals surface area contributed by atoms with Crippen LogP contribution in [0.2, 0.25) is 0 Å². The number of hydrogen-bond donors (Lipinski definition) is 2. The summed E-state index contributed by atoms with van der Waals surface area (Å²) >= 11 is 0.757. The Bertz CT molecular complexity index is 712. The van der Waals surface area contributed by atoms with Gasteiger partial charge in [0, 0.05) is 11.6 Å². The minimum atomic E-state index is -3.88. The minimum Gasteiger partial charge on any atom is -0.310 e. The number of nitrogens with two attached hydrogens (primary N) is 1. The summed E-state index contributed by atoms with van der Waals surface area (Å²) in [5, 5.41) is 7.84. The van der Waals surface area contributed by atoms with E-state index in [0.717, 1.165) is 11.3 Å². The Morgan fingerprint density at radius 1 is 1.43 bits per heavy atom. The van der Waals surface area contributed by atoms with Crippen LogP contribution < -0.4 is 10.5 Å². The molecule has 0 unspecified atom stereocenters. The molecule has 122 valence electrons. The van der Waals surface area contributed by atoms with E-state index in [9.17, 15) is 16.8 Å². The maximum Gasteiger partial charge on any atom is 0.247 e. The summed E-state index contributed by atoms with van der Waals surface area (Å²) in [6, 6.07) is 1.25. The first-order valence-corrected chi connectivity index (χ1v) is 10.3. The Labute approximate surface area is 135 Å². The third-order valence-electron chi connectivity index (χ3n) is 3.46. The van der Waals surface area contributed by atoms with Gasteiger partial charge in [-0.05, 0) is 25.5 Å².